The monoisotopic (exact) mass is 385 g/mol. The molecule has 0 heterocycles. The van der Waals surface area contributed by atoms with Crippen molar-refractivity contribution in [3.63, 3.8) is 0 Å². The number of ether oxygens (including phenoxy) is 1. The molecule has 0 fully saturated rings. The zero-order valence-electron chi connectivity index (χ0n) is 17.7. The highest BCUT2D eigenvalue weighted by Gasteiger charge is 2.37. The largest absolute Gasteiger partial charge is 0.497 e. The predicted molar refractivity (Wildman–Crippen MR) is 117 cm³/mol. The summed E-state index contributed by atoms with van der Waals surface area (Å²) in [5.41, 5.74) is 2.59. The molecule has 0 unspecified atom stereocenters. The Morgan fingerprint density at radius 1 is 0.926 bits per heavy atom. The fourth-order valence-electron chi connectivity index (χ4n) is 2.62. The smallest absolute Gasteiger partial charge is 0.192 e. The van der Waals surface area contributed by atoms with Crippen molar-refractivity contribution in [2.75, 3.05) is 13.7 Å². The molecular weight excluding hydrogens is 350 g/mol. The first kappa shape index (κ1) is 21.7. The van der Waals surface area contributed by atoms with Gasteiger partial charge < -0.3 is 14.5 Å². The van der Waals surface area contributed by atoms with Crippen LogP contribution in [0.15, 0.2) is 54.6 Å². The van der Waals surface area contributed by atoms with Crippen LogP contribution in [0.25, 0.3) is 0 Å². The Bertz CT molecular complexity index is 678. The molecule has 2 aromatic rings. The number of rotatable bonds is 9. The van der Waals surface area contributed by atoms with Gasteiger partial charge in [0.1, 0.15) is 5.75 Å². The minimum atomic E-state index is -1.77. The molecule has 0 amide bonds. The third kappa shape index (κ3) is 6.80. The predicted octanol–water partition coefficient (Wildman–Crippen LogP) is 5.42. The van der Waals surface area contributed by atoms with Gasteiger partial charge in [-0.3, -0.25) is 0 Å². The number of nitrogens with one attached hydrogen (secondary N) is 1. The van der Waals surface area contributed by atoms with Crippen LogP contribution in [0.1, 0.15) is 31.9 Å². The Kier molecular flexibility index (Phi) is 7.65. The topological polar surface area (TPSA) is 30.5 Å². The number of hydrogen-bond donors (Lipinski definition) is 1. The lowest BCUT2D eigenvalue weighted by Crippen LogP contribution is -2.45. The standard InChI is InChI=1S/C23H35NO2Si/c1-23(2,3)27(5,6)26-18-21(24-17-20-10-8-7-9-11-20)16-19-12-14-22(25-4)15-13-19/h7-15,21,24H,16-18H2,1-6H3/t21-/m0/s1. The molecule has 0 aromatic heterocycles. The average molecular weight is 386 g/mol. The highest BCUT2D eigenvalue weighted by molar-refractivity contribution is 6.74. The molecule has 0 spiro atoms. The van der Waals surface area contributed by atoms with Gasteiger partial charge in [-0.25, -0.2) is 0 Å². The van der Waals surface area contributed by atoms with Crippen LogP contribution in [-0.4, -0.2) is 28.1 Å². The number of benzene rings is 2. The first-order valence-corrected chi connectivity index (χ1v) is 12.7. The van der Waals surface area contributed by atoms with Crippen molar-refractivity contribution in [3.8, 4) is 5.75 Å². The van der Waals surface area contributed by atoms with Crippen LogP contribution in [0.2, 0.25) is 18.1 Å². The lowest BCUT2D eigenvalue weighted by atomic mass is 10.1. The van der Waals surface area contributed by atoms with E-state index in [1.807, 2.05) is 12.1 Å². The summed E-state index contributed by atoms with van der Waals surface area (Å²) in [6, 6.07) is 19.1. The zero-order chi connectivity index (χ0) is 19.9. The third-order valence-corrected chi connectivity index (χ3v) is 10.0. The van der Waals surface area contributed by atoms with Gasteiger partial charge in [-0.1, -0.05) is 63.2 Å². The van der Waals surface area contributed by atoms with E-state index in [4.69, 9.17) is 9.16 Å². The maximum atomic E-state index is 6.51. The van der Waals surface area contributed by atoms with Gasteiger partial charge in [0.05, 0.1) is 7.11 Å². The fraction of sp³-hybridized carbons (Fsp3) is 0.478. The van der Waals surface area contributed by atoms with Gasteiger partial charge >= 0.3 is 0 Å². The highest BCUT2D eigenvalue weighted by atomic mass is 28.4. The van der Waals surface area contributed by atoms with E-state index in [1.54, 1.807) is 7.11 Å². The molecule has 3 nitrogen and oxygen atoms in total. The highest BCUT2D eigenvalue weighted by Crippen LogP contribution is 2.36. The van der Waals surface area contributed by atoms with E-state index in [1.165, 1.54) is 11.1 Å². The quantitative estimate of drug-likeness (QED) is 0.585. The Balaban J connectivity index is 2.04. The maximum Gasteiger partial charge on any atom is 0.192 e. The van der Waals surface area contributed by atoms with Gasteiger partial charge in [-0.05, 0) is 47.8 Å². The van der Waals surface area contributed by atoms with E-state index >= 15 is 0 Å². The van der Waals surface area contributed by atoms with Gasteiger partial charge in [0.25, 0.3) is 0 Å². The molecule has 2 aromatic carbocycles. The van der Waals surface area contributed by atoms with E-state index in [-0.39, 0.29) is 11.1 Å². The lowest BCUT2D eigenvalue weighted by molar-refractivity contribution is 0.240. The summed E-state index contributed by atoms with van der Waals surface area (Å²) in [6.07, 6.45) is 0.936. The van der Waals surface area contributed by atoms with Crippen molar-refractivity contribution < 1.29 is 9.16 Å². The zero-order valence-corrected chi connectivity index (χ0v) is 18.7. The van der Waals surface area contributed by atoms with Crippen LogP contribution >= 0.6 is 0 Å². The molecule has 0 aliphatic heterocycles. The molecule has 2 rings (SSSR count). The lowest BCUT2D eigenvalue weighted by Gasteiger charge is -2.37. The van der Waals surface area contributed by atoms with Crippen LogP contribution in [0, 0.1) is 0 Å². The van der Waals surface area contributed by atoms with Crippen molar-refractivity contribution in [1.29, 1.82) is 0 Å². The van der Waals surface area contributed by atoms with E-state index in [0.717, 1.165) is 25.3 Å². The Labute approximate surface area is 166 Å². The van der Waals surface area contributed by atoms with E-state index in [2.05, 4.69) is 81.6 Å². The van der Waals surface area contributed by atoms with E-state index in [9.17, 15) is 0 Å². The normalized spacial score (nSPS) is 13.4. The summed E-state index contributed by atoms with van der Waals surface area (Å²) >= 11 is 0. The van der Waals surface area contributed by atoms with Gasteiger partial charge in [0, 0.05) is 19.2 Å². The third-order valence-electron chi connectivity index (χ3n) is 5.53. The molecule has 1 atom stereocenters. The number of hydrogen-bond acceptors (Lipinski definition) is 3. The molecular formula is C23H35NO2Si. The first-order valence-electron chi connectivity index (χ1n) is 9.75. The molecule has 0 saturated heterocycles. The molecule has 0 bridgehead atoms. The SMILES string of the molecule is COc1ccc(C[C@@H](CO[Si](C)(C)C(C)(C)C)NCc2ccccc2)cc1. The maximum absolute atomic E-state index is 6.51. The first-order chi connectivity index (χ1) is 12.7. The average Bonchev–Trinajstić information content (AvgIpc) is 2.64. The molecule has 0 aliphatic carbocycles. The summed E-state index contributed by atoms with van der Waals surface area (Å²) in [7, 11) is -0.0673. The molecule has 148 valence electrons. The second kappa shape index (κ2) is 9.54. The van der Waals surface area contributed by atoms with Crippen molar-refractivity contribution in [2.45, 2.75) is 57.9 Å². The second-order valence-corrected chi connectivity index (χ2v) is 13.5. The summed E-state index contributed by atoms with van der Waals surface area (Å²) in [5, 5.41) is 3.92. The van der Waals surface area contributed by atoms with Crippen LogP contribution in [0.4, 0.5) is 0 Å². The fourth-order valence-corrected chi connectivity index (χ4v) is 3.67. The van der Waals surface area contributed by atoms with Crippen molar-refractivity contribution >= 4 is 8.32 Å². The van der Waals surface area contributed by atoms with Crippen molar-refractivity contribution in [3.05, 3.63) is 65.7 Å². The molecule has 1 N–H and O–H groups in total. The minimum absolute atomic E-state index is 0.219. The van der Waals surface area contributed by atoms with Crippen LogP contribution in [0.5, 0.6) is 5.75 Å². The van der Waals surface area contributed by atoms with Crippen LogP contribution < -0.4 is 10.1 Å². The van der Waals surface area contributed by atoms with E-state index in [0.29, 0.717) is 0 Å². The van der Waals surface area contributed by atoms with E-state index < -0.39 is 8.32 Å². The van der Waals surface area contributed by atoms with Gasteiger partial charge in [-0.2, -0.15) is 0 Å². The molecule has 0 radical (unpaired) electrons. The Hall–Kier alpha value is -1.62. The molecule has 27 heavy (non-hydrogen) atoms. The van der Waals surface area contributed by atoms with Crippen molar-refractivity contribution in [2.24, 2.45) is 0 Å². The van der Waals surface area contributed by atoms with Crippen LogP contribution in [0.3, 0.4) is 0 Å². The second-order valence-electron chi connectivity index (χ2n) is 8.69. The molecule has 0 aliphatic rings. The summed E-state index contributed by atoms with van der Waals surface area (Å²) in [5.74, 6) is 0.894. The summed E-state index contributed by atoms with van der Waals surface area (Å²) in [4.78, 5) is 0. The van der Waals surface area contributed by atoms with Gasteiger partial charge in [-0.15, -0.1) is 0 Å². The Morgan fingerprint density at radius 3 is 2.11 bits per heavy atom. The Morgan fingerprint density at radius 2 is 1.56 bits per heavy atom. The molecule has 0 saturated carbocycles. The van der Waals surface area contributed by atoms with Crippen molar-refractivity contribution in [1.82, 2.24) is 5.32 Å². The minimum Gasteiger partial charge on any atom is -0.497 e. The number of methoxy groups -OCH3 is 1. The van der Waals surface area contributed by atoms with Gasteiger partial charge in [0.2, 0.25) is 0 Å². The summed E-state index contributed by atoms with van der Waals surface area (Å²) < 4.78 is 11.8. The van der Waals surface area contributed by atoms with Crippen LogP contribution in [-0.2, 0) is 17.4 Å². The summed E-state index contributed by atoms with van der Waals surface area (Å²) in [6.45, 7) is 13.1. The molecule has 4 heteroatoms. The van der Waals surface area contributed by atoms with Gasteiger partial charge in [0.15, 0.2) is 8.32 Å².